The van der Waals surface area contributed by atoms with Crippen LogP contribution in [0.2, 0.25) is 0 Å². The largest absolute Gasteiger partial charge is 0.311 e. The fourth-order valence-corrected chi connectivity index (χ4v) is 4.17. The minimum Gasteiger partial charge on any atom is -0.311 e. The average molecular weight is 356 g/mol. The first-order valence-electron chi connectivity index (χ1n) is 10.2. The fourth-order valence-electron chi connectivity index (χ4n) is 4.17. The first kappa shape index (κ1) is 17.9. The van der Waals surface area contributed by atoms with Crippen LogP contribution in [0.3, 0.4) is 0 Å². The van der Waals surface area contributed by atoms with Crippen LogP contribution >= 0.6 is 0 Å². The Morgan fingerprint density at radius 2 is 0.963 bits per heavy atom. The minimum absolute atomic E-state index is 0.750. The van der Waals surface area contributed by atoms with Gasteiger partial charge in [0.1, 0.15) is 0 Å². The molecule has 3 aromatic rings. The third-order valence-corrected chi connectivity index (χ3v) is 5.81. The maximum Gasteiger partial charge on any atom is 0.0461 e. The average Bonchev–Trinajstić information content (AvgIpc) is 2.72. The van der Waals surface area contributed by atoms with Gasteiger partial charge in [-0.2, -0.15) is 0 Å². The number of nitrogens with zero attached hydrogens (tertiary/aromatic N) is 1. The van der Waals surface area contributed by atoms with Gasteiger partial charge in [0.05, 0.1) is 0 Å². The molecule has 0 bridgehead atoms. The predicted molar refractivity (Wildman–Crippen MR) is 116 cm³/mol. The zero-order valence-electron chi connectivity index (χ0n) is 16.5. The molecule has 0 aliphatic heterocycles. The summed E-state index contributed by atoms with van der Waals surface area (Å²) in [6.45, 7) is 4.28. The number of hydrogen-bond donors (Lipinski definition) is 0. The highest BCUT2D eigenvalue weighted by Crippen LogP contribution is 2.37. The molecule has 1 aliphatic rings. The summed E-state index contributed by atoms with van der Waals surface area (Å²) in [6.07, 6.45) is 6.86. The summed E-state index contributed by atoms with van der Waals surface area (Å²) in [7, 11) is 0. The topological polar surface area (TPSA) is 3.24 Å². The molecule has 3 aromatic carbocycles. The SMILES string of the molecule is Cc1ccc(N(c2ccc(C)cc2)c2ccc(C3CCCCC3)cc2)cc1. The summed E-state index contributed by atoms with van der Waals surface area (Å²) in [5.41, 5.74) is 7.71. The smallest absolute Gasteiger partial charge is 0.0461 e. The highest BCUT2D eigenvalue weighted by atomic mass is 15.1. The van der Waals surface area contributed by atoms with Crippen LogP contribution in [0.25, 0.3) is 0 Å². The van der Waals surface area contributed by atoms with Crippen LogP contribution in [0.5, 0.6) is 0 Å². The normalized spacial score (nSPS) is 14.9. The van der Waals surface area contributed by atoms with Crippen molar-refractivity contribution in [3.63, 3.8) is 0 Å². The van der Waals surface area contributed by atoms with E-state index in [0.717, 1.165) is 5.92 Å². The van der Waals surface area contributed by atoms with E-state index in [1.165, 1.54) is 65.9 Å². The monoisotopic (exact) mass is 355 g/mol. The van der Waals surface area contributed by atoms with E-state index < -0.39 is 0 Å². The Morgan fingerprint density at radius 3 is 1.41 bits per heavy atom. The summed E-state index contributed by atoms with van der Waals surface area (Å²) in [4.78, 5) is 2.35. The van der Waals surface area contributed by atoms with Gasteiger partial charge < -0.3 is 4.90 Å². The van der Waals surface area contributed by atoms with E-state index in [2.05, 4.69) is 91.5 Å². The molecule has 0 aromatic heterocycles. The lowest BCUT2D eigenvalue weighted by atomic mass is 9.84. The van der Waals surface area contributed by atoms with Gasteiger partial charge >= 0.3 is 0 Å². The predicted octanol–water partition coefficient (Wildman–Crippen LogP) is 7.82. The van der Waals surface area contributed by atoms with Gasteiger partial charge in [0.2, 0.25) is 0 Å². The summed E-state index contributed by atoms with van der Waals surface area (Å²) in [5.74, 6) is 0.750. The molecule has 0 heterocycles. The van der Waals surface area contributed by atoms with Crippen LogP contribution in [0.15, 0.2) is 72.8 Å². The molecular formula is C26H29N. The van der Waals surface area contributed by atoms with E-state index in [1.54, 1.807) is 0 Å². The highest BCUT2D eigenvalue weighted by Gasteiger charge is 2.17. The van der Waals surface area contributed by atoms with Gasteiger partial charge in [0.25, 0.3) is 0 Å². The Hall–Kier alpha value is -2.54. The molecule has 0 N–H and O–H groups in total. The maximum absolute atomic E-state index is 2.35. The Kier molecular flexibility index (Phi) is 5.29. The summed E-state index contributed by atoms with van der Waals surface area (Å²) < 4.78 is 0. The Balaban J connectivity index is 1.69. The van der Waals surface area contributed by atoms with E-state index in [-0.39, 0.29) is 0 Å². The molecule has 0 atom stereocenters. The van der Waals surface area contributed by atoms with Crippen molar-refractivity contribution in [3.8, 4) is 0 Å². The van der Waals surface area contributed by atoms with Crippen LogP contribution in [0, 0.1) is 13.8 Å². The van der Waals surface area contributed by atoms with Crippen molar-refractivity contribution in [1.82, 2.24) is 0 Å². The van der Waals surface area contributed by atoms with Crippen molar-refractivity contribution >= 4 is 17.1 Å². The van der Waals surface area contributed by atoms with Crippen LogP contribution < -0.4 is 4.90 Å². The molecule has 138 valence electrons. The zero-order valence-corrected chi connectivity index (χ0v) is 16.5. The van der Waals surface area contributed by atoms with Crippen LogP contribution in [-0.2, 0) is 0 Å². The maximum atomic E-state index is 2.35. The van der Waals surface area contributed by atoms with E-state index >= 15 is 0 Å². The highest BCUT2D eigenvalue weighted by molar-refractivity contribution is 5.76. The van der Waals surface area contributed by atoms with Crippen molar-refractivity contribution in [2.75, 3.05) is 4.90 Å². The zero-order chi connectivity index (χ0) is 18.6. The first-order chi connectivity index (χ1) is 13.2. The van der Waals surface area contributed by atoms with Crippen LogP contribution in [0.1, 0.15) is 54.7 Å². The Morgan fingerprint density at radius 1 is 0.556 bits per heavy atom. The minimum atomic E-state index is 0.750. The van der Waals surface area contributed by atoms with Gasteiger partial charge in [0.15, 0.2) is 0 Å². The van der Waals surface area contributed by atoms with Crippen molar-refractivity contribution in [2.24, 2.45) is 0 Å². The molecule has 0 saturated heterocycles. The van der Waals surface area contributed by atoms with Crippen molar-refractivity contribution < 1.29 is 0 Å². The Labute approximate surface area is 163 Å². The lowest BCUT2D eigenvalue weighted by Gasteiger charge is -2.27. The third kappa shape index (κ3) is 4.08. The van der Waals surface area contributed by atoms with Gasteiger partial charge in [-0.05, 0) is 74.6 Å². The molecule has 1 aliphatic carbocycles. The standard InChI is InChI=1S/C26H29N/c1-20-8-14-24(15-9-20)27(25-16-10-21(2)11-17-25)26-18-12-23(13-19-26)22-6-4-3-5-7-22/h8-19,22H,3-7H2,1-2H3. The molecule has 1 saturated carbocycles. The number of hydrogen-bond acceptors (Lipinski definition) is 1. The number of rotatable bonds is 4. The summed E-state index contributed by atoms with van der Waals surface area (Å²) in [5, 5.41) is 0. The van der Waals surface area contributed by atoms with E-state index in [4.69, 9.17) is 0 Å². The van der Waals surface area contributed by atoms with Crippen LogP contribution in [-0.4, -0.2) is 0 Å². The van der Waals surface area contributed by atoms with E-state index in [9.17, 15) is 0 Å². The van der Waals surface area contributed by atoms with Crippen molar-refractivity contribution in [3.05, 3.63) is 89.5 Å². The van der Waals surface area contributed by atoms with E-state index in [1.807, 2.05) is 0 Å². The quantitative estimate of drug-likeness (QED) is 0.461. The van der Waals surface area contributed by atoms with Crippen molar-refractivity contribution in [2.45, 2.75) is 51.9 Å². The molecule has 1 nitrogen and oxygen atoms in total. The van der Waals surface area contributed by atoms with Gasteiger partial charge in [-0.1, -0.05) is 66.8 Å². The Bertz CT molecular complexity index is 808. The molecule has 1 fully saturated rings. The molecule has 4 rings (SSSR count). The number of aryl methyl sites for hydroxylation is 2. The lowest BCUT2D eigenvalue weighted by Crippen LogP contribution is -2.10. The second-order valence-electron chi connectivity index (χ2n) is 7.93. The third-order valence-electron chi connectivity index (χ3n) is 5.81. The van der Waals surface area contributed by atoms with Gasteiger partial charge in [-0.15, -0.1) is 0 Å². The van der Waals surface area contributed by atoms with Crippen LogP contribution in [0.4, 0.5) is 17.1 Å². The first-order valence-corrected chi connectivity index (χ1v) is 10.2. The molecule has 0 amide bonds. The molecule has 0 radical (unpaired) electrons. The fraction of sp³-hybridized carbons (Fsp3) is 0.308. The van der Waals surface area contributed by atoms with Gasteiger partial charge in [0, 0.05) is 17.1 Å². The van der Waals surface area contributed by atoms with Gasteiger partial charge in [-0.3, -0.25) is 0 Å². The molecule has 0 unspecified atom stereocenters. The number of benzene rings is 3. The van der Waals surface area contributed by atoms with E-state index in [0.29, 0.717) is 0 Å². The number of anilines is 3. The van der Waals surface area contributed by atoms with Crippen molar-refractivity contribution in [1.29, 1.82) is 0 Å². The molecule has 0 spiro atoms. The molecule has 27 heavy (non-hydrogen) atoms. The second-order valence-corrected chi connectivity index (χ2v) is 7.93. The van der Waals surface area contributed by atoms with Gasteiger partial charge in [-0.25, -0.2) is 0 Å². The molecule has 1 heteroatoms. The lowest BCUT2D eigenvalue weighted by molar-refractivity contribution is 0.443. The summed E-state index contributed by atoms with van der Waals surface area (Å²) in [6, 6.07) is 26.9. The second kappa shape index (κ2) is 8.00. The summed E-state index contributed by atoms with van der Waals surface area (Å²) >= 11 is 0. The molecular weight excluding hydrogens is 326 g/mol.